The summed E-state index contributed by atoms with van der Waals surface area (Å²) in [6.07, 6.45) is 0.826. The van der Waals surface area contributed by atoms with Gasteiger partial charge < -0.3 is 4.90 Å². The van der Waals surface area contributed by atoms with Crippen LogP contribution >= 0.6 is 0 Å². The fourth-order valence-corrected chi connectivity index (χ4v) is 3.54. The van der Waals surface area contributed by atoms with E-state index in [0.717, 1.165) is 17.5 Å². The third kappa shape index (κ3) is 2.93. The molecular formula is C22H18FNO. The normalized spacial score (nSPS) is 16.4. The number of hydrogen-bond acceptors (Lipinski definition) is 1. The van der Waals surface area contributed by atoms with Crippen molar-refractivity contribution < 1.29 is 9.18 Å². The minimum absolute atomic E-state index is 0.0663. The average molecular weight is 331 g/mol. The molecule has 4 rings (SSSR count). The number of amides is 1. The Hall–Kier alpha value is -2.94. The van der Waals surface area contributed by atoms with Gasteiger partial charge in [0.15, 0.2) is 0 Å². The Morgan fingerprint density at radius 1 is 0.880 bits per heavy atom. The Labute approximate surface area is 146 Å². The first kappa shape index (κ1) is 15.6. The molecule has 124 valence electrons. The largest absolute Gasteiger partial charge is 0.327 e. The van der Waals surface area contributed by atoms with Gasteiger partial charge in [-0.15, -0.1) is 0 Å². The third-order valence-corrected chi connectivity index (χ3v) is 4.75. The Bertz CT molecular complexity index is 889. The van der Waals surface area contributed by atoms with Crippen molar-refractivity contribution >= 4 is 5.91 Å². The molecule has 1 amide bonds. The zero-order chi connectivity index (χ0) is 17.2. The molecular weight excluding hydrogens is 313 g/mol. The molecule has 3 aromatic carbocycles. The molecule has 0 saturated carbocycles. The molecule has 0 saturated heterocycles. The van der Waals surface area contributed by atoms with E-state index in [0.29, 0.717) is 12.1 Å². The Morgan fingerprint density at radius 2 is 1.56 bits per heavy atom. The van der Waals surface area contributed by atoms with Crippen LogP contribution in [0.25, 0.3) is 0 Å². The molecule has 0 radical (unpaired) electrons. The number of hydrogen-bond donors (Lipinski definition) is 0. The molecule has 25 heavy (non-hydrogen) atoms. The fourth-order valence-electron chi connectivity index (χ4n) is 3.54. The maximum absolute atomic E-state index is 13.2. The SMILES string of the molecule is O=C(c1ccc(F)cc1)N1CCc2ccccc2[C@H]1c1ccccc1. The lowest BCUT2D eigenvalue weighted by Gasteiger charge is -2.38. The summed E-state index contributed by atoms with van der Waals surface area (Å²) in [6.45, 7) is 0.646. The highest BCUT2D eigenvalue weighted by Gasteiger charge is 2.32. The predicted molar refractivity (Wildman–Crippen MR) is 95.9 cm³/mol. The Morgan fingerprint density at radius 3 is 2.32 bits per heavy atom. The van der Waals surface area contributed by atoms with E-state index in [9.17, 15) is 9.18 Å². The van der Waals surface area contributed by atoms with Crippen LogP contribution in [0.1, 0.15) is 33.1 Å². The highest BCUT2D eigenvalue weighted by atomic mass is 19.1. The van der Waals surface area contributed by atoms with Gasteiger partial charge in [0.05, 0.1) is 6.04 Å². The lowest BCUT2D eigenvalue weighted by molar-refractivity contribution is 0.0694. The van der Waals surface area contributed by atoms with E-state index < -0.39 is 0 Å². The highest BCUT2D eigenvalue weighted by Crippen LogP contribution is 2.35. The fraction of sp³-hybridized carbons (Fsp3) is 0.136. The van der Waals surface area contributed by atoms with Gasteiger partial charge in [-0.1, -0.05) is 54.6 Å². The second kappa shape index (κ2) is 6.52. The van der Waals surface area contributed by atoms with Crippen molar-refractivity contribution in [2.45, 2.75) is 12.5 Å². The van der Waals surface area contributed by atoms with Crippen LogP contribution in [0.4, 0.5) is 4.39 Å². The standard InChI is InChI=1S/C22H18FNO/c23-19-12-10-18(11-13-19)22(25)24-15-14-16-6-4-5-9-20(16)21(24)17-7-2-1-3-8-17/h1-13,21H,14-15H2/t21-/m1/s1. The third-order valence-electron chi connectivity index (χ3n) is 4.75. The summed E-state index contributed by atoms with van der Waals surface area (Å²) in [5.41, 5.74) is 4.04. The molecule has 0 N–H and O–H groups in total. The van der Waals surface area contributed by atoms with Gasteiger partial charge in [-0.05, 0) is 47.4 Å². The van der Waals surface area contributed by atoms with Crippen LogP contribution in [0.15, 0.2) is 78.9 Å². The number of benzene rings is 3. The van der Waals surface area contributed by atoms with Gasteiger partial charge in [0.1, 0.15) is 5.82 Å². The topological polar surface area (TPSA) is 20.3 Å². The molecule has 0 unspecified atom stereocenters. The van der Waals surface area contributed by atoms with E-state index in [4.69, 9.17) is 0 Å². The number of fused-ring (bicyclic) bond motifs is 1. The summed E-state index contributed by atoms with van der Waals surface area (Å²) in [5, 5.41) is 0. The van der Waals surface area contributed by atoms with Gasteiger partial charge in [-0.3, -0.25) is 4.79 Å². The summed E-state index contributed by atoms with van der Waals surface area (Å²) in [7, 11) is 0. The number of carbonyl (C=O) groups is 1. The van der Waals surface area contributed by atoms with Crippen molar-refractivity contribution in [1.82, 2.24) is 4.90 Å². The van der Waals surface area contributed by atoms with Crippen molar-refractivity contribution in [3.05, 3.63) is 107 Å². The molecule has 0 spiro atoms. The number of nitrogens with zero attached hydrogens (tertiary/aromatic N) is 1. The second-order valence-electron chi connectivity index (χ2n) is 6.27. The summed E-state index contributed by atoms with van der Waals surface area (Å²) in [4.78, 5) is 15.0. The number of halogens is 1. The van der Waals surface area contributed by atoms with Crippen LogP contribution in [-0.2, 0) is 6.42 Å². The van der Waals surface area contributed by atoms with E-state index in [1.54, 1.807) is 12.1 Å². The van der Waals surface area contributed by atoms with E-state index in [2.05, 4.69) is 24.3 Å². The van der Waals surface area contributed by atoms with Gasteiger partial charge in [-0.25, -0.2) is 4.39 Å². The maximum Gasteiger partial charge on any atom is 0.254 e. The lowest BCUT2D eigenvalue weighted by Crippen LogP contribution is -2.40. The molecule has 0 bridgehead atoms. The van der Waals surface area contributed by atoms with Crippen LogP contribution in [-0.4, -0.2) is 17.4 Å². The molecule has 1 heterocycles. The molecule has 0 fully saturated rings. The van der Waals surface area contributed by atoms with Gasteiger partial charge in [0.25, 0.3) is 5.91 Å². The highest BCUT2D eigenvalue weighted by molar-refractivity contribution is 5.95. The smallest absolute Gasteiger partial charge is 0.254 e. The van der Waals surface area contributed by atoms with Crippen molar-refractivity contribution in [2.75, 3.05) is 6.54 Å². The van der Waals surface area contributed by atoms with Crippen molar-refractivity contribution in [3.63, 3.8) is 0 Å². The molecule has 1 atom stereocenters. The van der Waals surface area contributed by atoms with Crippen LogP contribution in [0.2, 0.25) is 0 Å². The van der Waals surface area contributed by atoms with Crippen LogP contribution in [0.5, 0.6) is 0 Å². The van der Waals surface area contributed by atoms with Gasteiger partial charge in [-0.2, -0.15) is 0 Å². The van der Waals surface area contributed by atoms with Gasteiger partial charge >= 0.3 is 0 Å². The maximum atomic E-state index is 13.2. The molecule has 1 aliphatic rings. The monoisotopic (exact) mass is 331 g/mol. The van der Waals surface area contributed by atoms with E-state index in [1.807, 2.05) is 35.2 Å². The average Bonchev–Trinajstić information content (AvgIpc) is 2.68. The molecule has 1 aliphatic heterocycles. The first-order chi connectivity index (χ1) is 12.2. The van der Waals surface area contributed by atoms with Crippen molar-refractivity contribution in [2.24, 2.45) is 0 Å². The minimum atomic E-state index is -0.333. The second-order valence-corrected chi connectivity index (χ2v) is 6.27. The first-order valence-electron chi connectivity index (χ1n) is 8.43. The summed E-state index contributed by atoms with van der Waals surface area (Å²) >= 11 is 0. The summed E-state index contributed by atoms with van der Waals surface area (Å²) < 4.78 is 13.2. The number of rotatable bonds is 2. The molecule has 2 nitrogen and oxygen atoms in total. The Kier molecular flexibility index (Phi) is 4.06. The molecule has 3 aromatic rings. The summed E-state index contributed by atoms with van der Waals surface area (Å²) in [6, 6.07) is 24.0. The van der Waals surface area contributed by atoms with E-state index in [1.165, 1.54) is 17.7 Å². The van der Waals surface area contributed by atoms with Gasteiger partial charge in [0, 0.05) is 12.1 Å². The van der Waals surface area contributed by atoms with E-state index in [-0.39, 0.29) is 17.8 Å². The summed E-state index contributed by atoms with van der Waals surface area (Å²) in [5.74, 6) is -0.400. The van der Waals surface area contributed by atoms with Crippen LogP contribution < -0.4 is 0 Å². The predicted octanol–water partition coefficient (Wildman–Crippen LogP) is 4.61. The molecule has 0 aromatic heterocycles. The number of carbonyl (C=O) groups excluding carboxylic acids is 1. The quantitative estimate of drug-likeness (QED) is 0.671. The minimum Gasteiger partial charge on any atom is -0.327 e. The first-order valence-corrected chi connectivity index (χ1v) is 8.43. The zero-order valence-electron chi connectivity index (χ0n) is 13.7. The van der Waals surface area contributed by atoms with Crippen molar-refractivity contribution in [3.8, 4) is 0 Å². The van der Waals surface area contributed by atoms with Gasteiger partial charge in [0.2, 0.25) is 0 Å². The Balaban J connectivity index is 1.78. The molecule has 0 aliphatic carbocycles. The van der Waals surface area contributed by atoms with E-state index >= 15 is 0 Å². The zero-order valence-corrected chi connectivity index (χ0v) is 13.7. The van der Waals surface area contributed by atoms with Crippen molar-refractivity contribution in [1.29, 1.82) is 0 Å². The van der Waals surface area contributed by atoms with Crippen LogP contribution in [0.3, 0.4) is 0 Å². The van der Waals surface area contributed by atoms with Crippen LogP contribution in [0, 0.1) is 5.82 Å². The molecule has 3 heteroatoms. The lowest BCUT2D eigenvalue weighted by atomic mass is 9.88.